The molecule has 0 saturated carbocycles. The molecule has 1 aliphatic heterocycles. The number of nitrogens with one attached hydrogen (secondary N) is 2. The van der Waals surface area contributed by atoms with Crippen molar-refractivity contribution in [2.75, 3.05) is 33.9 Å². The van der Waals surface area contributed by atoms with Crippen LogP contribution in [0.3, 0.4) is 0 Å². The van der Waals surface area contributed by atoms with Crippen molar-refractivity contribution >= 4 is 21.8 Å². The first kappa shape index (κ1) is 19.2. The number of hydrogen-bond acceptors (Lipinski definition) is 6. The molecule has 138 valence electrons. The SMILES string of the molecule is COCCNC(=O)[C@@H]1NC(=O)CCN1S(=O)(=O)c1ccc(OC)cc1. The van der Waals surface area contributed by atoms with Crippen LogP contribution in [0.2, 0.25) is 0 Å². The molecule has 2 N–H and O–H groups in total. The number of rotatable bonds is 7. The number of amides is 2. The molecule has 0 aromatic heterocycles. The summed E-state index contributed by atoms with van der Waals surface area (Å²) >= 11 is 0. The van der Waals surface area contributed by atoms with Crippen molar-refractivity contribution < 1.29 is 27.5 Å². The molecular weight excluding hydrogens is 350 g/mol. The Kier molecular flexibility index (Phi) is 6.34. The van der Waals surface area contributed by atoms with Crippen molar-refractivity contribution in [3.8, 4) is 5.75 Å². The molecule has 0 unspecified atom stereocenters. The van der Waals surface area contributed by atoms with E-state index in [1.807, 2.05) is 0 Å². The molecular formula is C15H21N3O6S. The minimum atomic E-state index is -3.96. The molecule has 25 heavy (non-hydrogen) atoms. The van der Waals surface area contributed by atoms with Crippen LogP contribution in [-0.4, -0.2) is 64.6 Å². The highest BCUT2D eigenvalue weighted by atomic mass is 32.2. The summed E-state index contributed by atoms with van der Waals surface area (Å²) in [6.07, 6.45) is -1.32. The van der Waals surface area contributed by atoms with Crippen LogP contribution in [0.25, 0.3) is 0 Å². The number of nitrogens with zero attached hydrogens (tertiary/aromatic N) is 1. The molecule has 0 bridgehead atoms. The smallest absolute Gasteiger partial charge is 0.258 e. The van der Waals surface area contributed by atoms with Gasteiger partial charge in [0.05, 0.1) is 18.6 Å². The Balaban J connectivity index is 2.24. The third-order valence-electron chi connectivity index (χ3n) is 3.66. The molecule has 0 radical (unpaired) electrons. The molecule has 1 aliphatic rings. The Morgan fingerprint density at radius 3 is 2.60 bits per heavy atom. The average Bonchev–Trinajstić information content (AvgIpc) is 2.61. The zero-order valence-electron chi connectivity index (χ0n) is 14.0. The fourth-order valence-electron chi connectivity index (χ4n) is 2.35. The molecule has 2 amide bonds. The summed E-state index contributed by atoms with van der Waals surface area (Å²) in [4.78, 5) is 24.0. The number of carbonyl (C=O) groups is 2. The lowest BCUT2D eigenvalue weighted by atomic mass is 10.3. The standard InChI is InChI=1S/C15H21N3O6S/c1-23-10-8-16-15(20)14-17-13(19)7-9-18(14)25(21,22)12-5-3-11(24-2)4-6-12/h3-6,14H,7-10H2,1-2H3,(H,16,20)(H,17,19)/t14-/m1/s1. The fourth-order valence-corrected chi connectivity index (χ4v) is 3.86. The molecule has 1 fully saturated rings. The minimum absolute atomic E-state index is 0.0131. The third-order valence-corrected chi connectivity index (χ3v) is 5.54. The lowest BCUT2D eigenvalue weighted by Crippen LogP contribution is -2.62. The second-order valence-electron chi connectivity index (χ2n) is 5.30. The molecule has 0 spiro atoms. The molecule has 1 aromatic carbocycles. The highest BCUT2D eigenvalue weighted by molar-refractivity contribution is 7.89. The largest absolute Gasteiger partial charge is 0.497 e. The van der Waals surface area contributed by atoms with Gasteiger partial charge in [-0.2, -0.15) is 4.31 Å². The van der Waals surface area contributed by atoms with Crippen LogP contribution in [0, 0.1) is 0 Å². The van der Waals surface area contributed by atoms with Crippen molar-refractivity contribution in [1.82, 2.24) is 14.9 Å². The fraction of sp³-hybridized carbons (Fsp3) is 0.467. The first-order valence-electron chi connectivity index (χ1n) is 7.62. The van der Waals surface area contributed by atoms with Gasteiger partial charge < -0.3 is 20.1 Å². The molecule has 1 atom stereocenters. The molecule has 9 nitrogen and oxygen atoms in total. The number of benzene rings is 1. The second kappa shape index (κ2) is 8.28. The Bertz CT molecular complexity index is 719. The van der Waals surface area contributed by atoms with E-state index in [9.17, 15) is 18.0 Å². The van der Waals surface area contributed by atoms with Gasteiger partial charge in [-0.3, -0.25) is 9.59 Å². The molecule has 1 aromatic rings. The number of sulfonamides is 1. The number of hydrogen-bond donors (Lipinski definition) is 2. The van der Waals surface area contributed by atoms with Crippen LogP contribution in [0.4, 0.5) is 0 Å². The van der Waals surface area contributed by atoms with Gasteiger partial charge in [-0.25, -0.2) is 8.42 Å². The quantitative estimate of drug-likeness (QED) is 0.613. The average molecular weight is 371 g/mol. The van der Waals surface area contributed by atoms with Crippen molar-refractivity contribution in [1.29, 1.82) is 0 Å². The van der Waals surface area contributed by atoms with Crippen LogP contribution in [-0.2, 0) is 24.3 Å². The van der Waals surface area contributed by atoms with E-state index in [4.69, 9.17) is 9.47 Å². The Labute approximate surface area is 146 Å². The van der Waals surface area contributed by atoms with Gasteiger partial charge in [-0.1, -0.05) is 0 Å². The lowest BCUT2D eigenvalue weighted by Gasteiger charge is -2.33. The summed E-state index contributed by atoms with van der Waals surface area (Å²) in [6.45, 7) is 0.401. The van der Waals surface area contributed by atoms with Gasteiger partial charge in [-0.05, 0) is 24.3 Å². The maximum Gasteiger partial charge on any atom is 0.258 e. The van der Waals surface area contributed by atoms with Crippen molar-refractivity contribution in [2.24, 2.45) is 0 Å². The Morgan fingerprint density at radius 2 is 2.00 bits per heavy atom. The van der Waals surface area contributed by atoms with Crippen LogP contribution in [0.5, 0.6) is 5.75 Å². The van der Waals surface area contributed by atoms with Gasteiger partial charge in [0.2, 0.25) is 15.9 Å². The van der Waals surface area contributed by atoms with Crippen LogP contribution >= 0.6 is 0 Å². The topological polar surface area (TPSA) is 114 Å². The van der Waals surface area contributed by atoms with Crippen LogP contribution in [0.15, 0.2) is 29.2 Å². The molecule has 10 heteroatoms. The Hall–Kier alpha value is -2.17. The normalized spacial score (nSPS) is 18.5. The number of methoxy groups -OCH3 is 2. The molecule has 1 saturated heterocycles. The van der Waals surface area contributed by atoms with Gasteiger partial charge in [-0.15, -0.1) is 0 Å². The highest BCUT2D eigenvalue weighted by Gasteiger charge is 2.39. The van der Waals surface area contributed by atoms with E-state index in [0.29, 0.717) is 5.75 Å². The maximum absolute atomic E-state index is 12.9. The Morgan fingerprint density at radius 1 is 1.32 bits per heavy atom. The summed E-state index contributed by atoms with van der Waals surface area (Å²) < 4.78 is 36.6. The van der Waals surface area contributed by atoms with Gasteiger partial charge >= 0.3 is 0 Å². The monoisotopic (exact) mass is 371 g/mol. The summed E-state index contributed by atoms with van der Waals surface area (Å²) in [6, 6.07) is 5.82. The van der Waals surface area contributed by atoms with Gasteiger partial charge in [0, 0.05) is 26.6 Å². The zero-order valence-corrected chi connectivity index (χ0v) is 14.8. The second-order valence-corrected chi connectivity index (χ2v) is 7.19. The predicted octanol–water partition coefficient (Wildman–Crippen LogP) is -0.705. The number of ether oxygens (including phenoxy) is 2. The molecule has 2 rings (SSSR count). The molecule has 1 heterocycles. The highest BCUT2D eigenvalue weighted by Crippen LogP contribution is 2.22. The summed E-state index contributed by atoms with van der Waals surface area (Å²) in [5.41, 5.74) is 0. The van der Waals surface area contributed by atoms with E-state index < -0.39 is 22.1 Å². The van der Waals surface area contributed by atoms with E-state index in [1.165, 1.54) is 38.5 Å². The van der Waals surface area contributed by atoms with E-state index in [2.05, 4.69) is 10.6 Å². The van der Waals surface area contributed by atoms with Crippen molar-refractivity contribution in [2.45, 2.75) is 17.5 Å². The van der Waals surface area contributed by atoms with Crippen molar-refractivity contribution in [3.05, 3.63) is 24.3 Å². The zero-order chi connectivity index (χ0) is 18.4. The van der Waals surface area contributed by atoms with E-state index in [0.717, 1.165) is 4.31 Å². The van der Waals surface area contributed by atoms with E-state index in [-0.39, 0.29) is 36.9 Å². The first-order chi connectivity index (χ1) is 11.9. The lowest BCUT2D eigenvalue weighted by molar-refractivity contribution is -0.134. The number of carbonyl (C=O) groups excluding carboxylic acids is 2. The van der Waals surface area contributed by atoms with Gasteiger partial charge in [0.15, 0.2) is 6.17 Å². The van der Waals surface area contributed by atoms with E-state index in [1.54, 1.807) is 0 Å². The van der Waals surface area contributed by atoms with Crippen LogP contribution in [0.1, 0.15) is 6.42 Å². The summed E-state index contributed by atoms with van der Waals surface area (Å²) in [5, 5.41) is 4.96. The van der Waals surface area contributed by atoms with Crippen molar-refractivity contribution in [3.63, 3.8) is 0 Å². The van der Waals surface area contributed by atoms with Gasteiger partial charge in [0.25, 0.3) is 5.91 Å². The van der Waals surface area contributed by atoms with Crippen LogP contribution < -0.4 is 15.4 Å². The predicted molar refractivity (Wildman–Crippen MR) is 88.3 cm³/mol. The van der Waals surface area contributed by atoms with Gasteiger partial charge in [0.1, 0.15) is 5.75 Å². The third kappa shape index (κ3) is 4.47. The first-order valence-corrected chi connectivity index (χ1v) is 9.06. The maximum atomic E-state index is 12.9. The summed E-state index contributed by atoms with van der Waals surface area (Å²) in [7, 11) is -1.01. The minimum Gasteiger partial charge on any atom is -0.497 e. The molecule has 0 aliphatic carbocycles. The van der Waals surface area contributed by atoms with E-state index >= 15 is 0 Å². The summed E-state index contributed by atoms with van der Waals surface area (Å²) in [5.74, 6) is -0.477.